The first-order valence-electron chi connectivity index (χ1n) is 9.14. The highest BCUT2D eigenvalue weighted by Crippen LogP contribution is 2.35. The molecule has 0 aliphatic carbocycles. The van der Waals surface area contributed by atoms with Crippen LogP contribution < -0.4 is 10.1 Å². The molecule has 1 amide bonds. The Balaban J connectivity index is 1.84. The zero-order valence-electron chi connectivity index (χ0n) is 16.0. The molecule has 3 rings (SSSR count). The number of ether oxygens (including phenoxy) is 1. The number of nitrogens with zero attached hydrogens (tertiary/aromatic N) is 1. The van der Waals surface area contributed by atoms with Crippen LogP contribution in [0.5, 0.6) is 11.5 Å². The van der Waals surface area contributed by atoms with E-state index in [0.717, 1.165) is 11.6 Å². The van der Waals surface area contributed by atoms with Crippen molar-refractivity contribution in [2.45, 2.75) is 19.8 Å². The second-order valence-electron chi connectivity index (χ2n) is 6.48. The molecule has 0 unspecified atom stereocenters. The minimum absolute atomic E-state index is 0.0422. The minimum atomic E-state index is -0.737. The zero-order chi connectivity index (χ0) is 21.7. The van der Waals surface area contributed by atoms with Gasteiger partial charge in [0.05, 0.1) is 28.8 Å². The van der Waals surface area contributed by atoms with Gasteiger partial charge in [0.1, 0.15) is 22.3 Å². The number of halogens is 3. The summed E-state index contributed by atoms with van der Waals surface area (Å²) in [5.41, 5.74) is 2.17. The molecule has 0 bridgehead atoms. The zero-order valence-corrected chi connectivity index (χ0v) is 17.5. The van der Waals surface area contributed by atoms with Gasteiger partial charge in [-0.15, -0.1) is 0 Å². The van der Waals surface area contributed by atoms with Crippen molar-refractivity contribution < 1.29 is 13.9 Å². The lowest BCUT2D eigenvalue weighted by Gasteiger charge is -2.14. The molecule has 0 fully saturated rings. The van der Waals surface area contributed by atoms with E-state index in [4.69, 9.17) is 33.2 Å². The normalized spacial score (nSPS) is 10.4. The number of anilines is 1. The molecule has 0 atom stereocenters. The van der Waals surface area contributed by atoms with Crippen LogP contribution in [0.25, 0.3) is 0 Å². The molecule has 4 nitrogen and oxygen atoms in total. The van der Waals surface area contributed by atoms with E-state index in [1.807, 2.05) is 25.1 Å². The quantitative estimate of drug-likeness (QED) is 0.471. The highest BCUT2D eigenvalue weighted by Gasteiger charge is 2.14. The Morgan fingerprint density at radius 3 is 2.60 bits per heavy atom. The number of amides is 1. The first kappa shape index (κ1) is 21.6. The molecule has 0 aliphatic rings. The van der Waals surface area contributed by atoms with E-state index in [-0.39, 0.29) is 28.7 Å². The largest absolute Gasteiger partial charge is 0.455 e. The van der Waals surface area contributed by atoms with Gasteiger partial charge in [-0.3, -0.25) is 4.79 Å². The van der Waals surface area contributed by atoms with Crippen molar-refractivity contribution in [1.29, 1.82) is 5.26 Å². The van der Waals surface area contributed by atoms with E-state index in [1.54, 1.807) is 30.3 Å². The van der Waals surface area contributed by atoms with E-state index >= 15 is 0 Å². The molecule has 3 aromatic carbocycles. The van der Waals surface area contributed by atoms with Gasteiger partial charge in [0, 0.05) is 6.07 Å². The average Bonchev–Trinajstić information content (AvgIpc) is 2.73. The smallest absolute Gasteiger partial charge is 0.228 e. The fraction of sp³-hybridized carbons (Fsp3) is 0.130. The van der Waals surface area contributed by atoms with Gasteiger partial charge in [0.2, 0.25) is 5.91 Å². The summed E-state index contributed by atoms with van der Waals surface area (Å²) in [4.78, 5) is 12.4. The number of nitriles is 1. The Labute approximate surface area is 183 Å². The number of nitrogens with one attached hydrogen (secondary N) is 1. The Hall–Kier alpha value is -3.07. The van der Waals surface area contributed by atoms with Crippen molar-refractivity contribution in [3.05, 3.63) is 87.2 Å². The molecule has 30 heavy (non-hydrogen) atoms. The molecule has 0 saturated carbocycles. The molecule has 0 heterocycles. The van der Waals surface area contributed by atoms with Crippen LogP contribution in [0.3, 0.4) is 0 Å². The average molecular weight is 443 g/mol. The number of hydrogen-bond donors (Lipinski definition) is 1. The second-order valence-corrected chi connectivity index (χ2v) is 7.27. The summed E-state index contributed by atoms with van der Waals surface area (Å²) in [7, 11) is 0. The lowest BCUT2D eigenvalue weighted by molar-refractivity contribution is -0.115. The van der Waals surface area contributed by atoms with Crippen LogP contribution in [0.2, 0.25) is 10.0 Å². The van der Waals surface area contributed by atoms with E-state index in [0.29, 0.717) is 28.4 Å². The van der Waals surface area contributed by atoms with Crippen molar-refractivity contribution >= 4 is 34.8 Å². The summed E-state index contributed by atoms with van der Waals surface area (Å²) in [6.45, 7) is 1.94. The minimum Gasteiger partial charge on any atom is -0.455 e. The number of carbonyl (C=O) groups excluding carboxylic acids is 1. The molecular weight excluding hydrogens is 426 g/mol. The van der Waals surface area contributed by atoms with E-state index in [9.17, 15) is 9.18 Å². The first-order chi connectivity index (χ1) is 14.4. The third kappa shape index (κ3) is 5.10. The molecule has 0 spiro atoms. The number of rotatable bonds is 6. The van der Waals surface area contributed by atoms with Crippen LogP contribution in [0, 0.1) is 17.1 Å². The van der Waals surface area contributed by atoms with Gasteiger partial charge in [0.25, 0.3) is 0 Å². The van der Waals surface area contributed by atoms with Crippen molar-refractivity contribution in [1.82, 2.24) is 0 Å². The Kier molecular flexibility index (Phi) is 6.94. The van der Waals surface area contributed by atoms with E-state index < -0.39 is 5.82 Å². The van der Waals surface area contributed by atoms with Crippen molar-refractivity contribution in [3.8, 4) is 17.6 Å². The highest BCUT2D eigenvalue weighted by molar-refractivity contribution is 6.33. The summed E-state index contributed by atoms with van der Waals surface area (Å²) < 4.78 is 19.8. The third-order valence-electron chi connectivity index (χ3n) is 4.37. The van der Waals surface area contributed by atoms with Crippen LogP contribution in [0.1, 0.15) is 23.6 Å². The maximum Gasteiger partial charge on any atom is 0.228 e. The van der Waals surface area contributed by atoms with Crippen molar-refractivity contribution in [2.24, 2.45) is 0 Å². The standard InChI is InChI=1S/C23H17Cl2FN2O2/c1-2-16-8-7-14(12-22(29)28-19-6-4-3-5-17(19)24)10-20(16)30-21-11-15(13-27)9-18(26)23(21)25/h3-11H,2,12H2,1H3,(H,28,29). The van der Waals surface area contributed by atoms with Gasteiger partial charge in [0.15, 0.2) is 0 Å². The molecule has 0 radical (unpaired) electrons. The number of aryl methyl sites for hydroxylation is 1. The molecule has 0 aliphatic heterocycles. The summed E-state index contributed by atoms with van der Waals surface area (Å²) in [6.07, 6.45) is 0.741. The number of carbonyl (C=O) groups is 1. The van der Waals surface area contributed by atoms with Gasteiger partial charge in [-0.1, -0.05) is 54.4 Å². The fourth-order valence-electron chi connectivity index (χ4n) is 2.86. The van der Waals surface area contributed by atoms with Gasteiger partial charge < -0.3 is 10.1 Å². The number of para-hydroxylation sites is 1. The summed E-state index contributed by atoms with van der Waals surface area (Å²) in [6, 6.07) is 16.6. The number of hydrogen-bond acceptors (Lipinski definition) is 3. The SMILES string of the molecule is CCc1ccc(CC(=O)Nc2ccccc2Cl)cc1Oc1cc(C#N)cc(F)c1Cl. The lowest BCUT2D eigenvalue weighted by atomic mass is 10.1. The first-order valence-corrected chi connectivity index (χ1v) is 9.90. The molecule has 0 saturated heterocycles. The van der Waals surface area contributed by atoms with Crippen LogP contribution in [0.15, 0.2) is 54.6 Å². The summed E-state index contributed by atoms with van der Waals surface area (Å²) in [5.74, 6) is -0.495. The Morgan fingerprint density at radius 2 is 1.90 bits per heavy atom. The Morgan fingerprint density at radius 1 is 1.13 bits per heavy atom. The van der Waals surface area contributed by atoms with Gasteiger partial charge >= 0.3 is 0 Å². The summed E-state index contributed by atoms with van der Waals surface area (Å²) >= 11 is 12.1. The second kappa shape index (κ2) is 9.62. The third-order valence-corrected chi connectivity index (χ3v) is 5.07. The molecular formula is C23H17Cl2FN2O2. The van der Waals surface area contributed by atoms with Crippen LogP contribution >= 0.6 is 23.2 Å². The summed E-state index contributed by atoms with van der Waals surface area (Å²) in [5, 5.41) is 12.1. The molecule has 1 N–H and O–H groups in total. The Bertz CT molecular complexity index is 1140. The van der Waals surface area contributed by atoms with Crippen molar-refractivity contribution in [3.63, 3.8) is 0 Å². The lowest BCUT2D eigenvalue weighted by Crippen LogP contribution is -2.14. The van der Waals surface area contributed by atoms with E-state index in [1.165, 1.54) is 6.07 Å². The topological polar surface area (TPSA) is 62.1 Å². The van der Waals surface area contributed by atoms with E-state index in [2.05, 4.69) is 5.32 Å². The maximum absolute atomic E-state index is 14.0. The molecule has 0 aromatic heterocycles. The van der Waals surface area contributed by atoms with Crippen LogP contribution in [-0.4, -0.2) is 5.91 Å². The predicted molar refractivity (Wildman–Crippen MR) is 116 cm³/mol. The predicted octanol–water partition coefficient (Wildman–Crippen LogP) is 6.54. The highest BCUT2D eigenvalue weighted by atomic mass is 35.5. The molecule has 3 aromatic rings. The van der Waals surface area contributed by atoms with Crippen LogP contribution in [0.4, 0.5) is 10.1 Å². The maximum atomic E-state index is 14.0. The van der Waals surface area contributed by atoms with Crippen molar-refractivity contribution in [2.75, 3.05) is 5.32 Å². The fourth-order valence-corrected chi connectivity index (χ4v) is 3.19. The van der Waals surface area contributed by atoms with Gasteiger partial charge in [-0.25, -0.2) is 4.39 Å². The molecule has 7 heteroatoms. The monoisotopic (exact) mass is 442 g/mol. The van der Waals surface area contributed by atoms with Gasteiger partial charge in [-0.2, -0.15) is 5.26 Å². The van der Waals surface area contributed by atoms with Crippen LogP contribution in [-0.2, 0) is 17.6 Å². The number of benzene rings is 3. The molecule has 152 valence electrons. The van der Waals surface area contributed by atoms with Gasteiger partial charge in [-0.05, 0) is 41.8 Å².